The molecule has 0 spiro atoms. The molecular formula is C13H14N2O3S. The summed E-state index contributed by atoms with van der Waals surface area (Å²) in [5.74, 6) is -1.15. The maximum absolute atomic E-state index is 12.0. The van der Waals surface area contributed by atoms with Crippen LogP contribution in [-0.2, 0) is 9.59 Å². The molecule has 0 aromatic heterocycles. The molecule has 2 rings (SSSR count). The fraction of sp³-hybridized carbons (Fsp3) is 0.308. The van der Waals surface area contributed by atoms with Crippen LogP contribution in [0, 0.1) is 0 Å². The number of amidine groups is 1. The van der Waals surface area contributed by atoms with E-state index in [1.807, 2.05) is 37.3 Å². The number of benzene rings is 1. The Bertz CT molecular complexity index is 516. The van der Waals surface area contributed by atoms with E-state index in [1.165, 1.54) is 16.7 Å². The second-order valence-electron chi connectivity index (χ2n) is 4.02. The zero-order valence-electron chi connectivity index (χ0n) is 10.4. The fourth-order valence-electron chi connectivity index (χ4n) is 1.79. The van der Waals surface area contributed by atoms with E-state index in [1.54, 1.807) is 0 Å². The lowest BCUT2D eigenvalue weighted by Gasteiger charge is -2.12. The number of carbonyl (C=O) groups excluding carboxylic acids is 1. The Morgan fingerprint density at radius 1 is 1.42 bits per heavy atom. The summed E-state index contributed by atoms with van der Waals surface area (Å²) >= 11 is 1.22. The molecule has 1 aromatic carbocycles. The third-order valence-corrected chi connectivity index (χ3v) is 3.85. The second-order valence-corrected chi connectivity index (χ2v) is 5.19. The zero-order valence-corrected chi connectivity index (χ0v) is 11.3. The molecular weight excluding hydrogens is 264 g/mol. The van der Waals surface area contributed by atoms with Gasteiger partial charge in [0.2, 0.25) is 5.91 Å². The van der Waals surface area contributed by atoms with Crippen molar-refractivity contribution in [1.82, 2.24) is 4.90 Å². The Labute approximate surface area is 115 Å². The summed E-state index contributed by atoms with van der Waals surface area (Å²) in [6.45, 7) is 2.34. The zero-order chi connectivity index (χ0) is 13.8. The first-order valence-electron chi connectivity index (χ1n) is 5.95. The molecule has 1 heterocycles. The van der Waals surface area contributed by atoms with Gasteiger partial charge in [-0.25, -0.2) is 4.99 Å². The molecule has 0 bridgehead atoms. The van der Waals surface area contributed by atoms with E-state index in [0.717, 1.165) is 5.69 Å². The Balaban J connectivity index is 2.23. The third-order valence-electron chi connectivity index (χ3n) is 2.68. The van der Waals surface area contributed by atoms with E-state index in [4.69, 9.17) is 5.11 Å². The molecule has 0 aliphatic carbocycles. The van der Waals surface area contributed by atoms with Gasteiger partial charge in [-0.2, -0.15) is 0 Å². The van der Waals surface area contributed by atoms with E-state index in [2.05, 4.69) is 4.99 Å². The van der Waals surface area contributed by atoms with Crippen molar-refractivity contribution in [1.29, 1.82) is 0 Å². The topological polar surface area (TPSA) is 70.0 Å². The first-order chi connectivity index (χ1) is 9.11. The highest BCUT2D eigenvalue weighted by Crippen LogP contribution is 2.31. The van der Waals surface area contributed by atoms with Gasteiger partial charge < -0.3 is 5.11 Å². The van der Waals surface area contributed by atoms with Crippen LogP contribution in [0.4, 0.5) is 5.69 Å². The van der Waals surface area contributed by atoms with Crippen molar-refractivity contribution >= 4 is 34.5 Å². The maximum Gasteiger partial charge on any atom is 0.305 e. The molecule has 1 unspecified atom stereocenters. The quantitative estimate of drug-likeness (QED) is 0.915. The van der Waals surface area contributed by atoms with Gasteiger partial charge in [-0.05, 0) is 19.1 Å². The van der Waals surface area contributed by atoms with Crippen LogP contribution in [0.3, 0.4) is 0 Å². The molecule has 1 saturated heterocycles. The second kappa shape index (κ2) is 5.88. The van der Waals surface area contributed by atoms with E-state index in [9.17, 15) is 9.59 Å². The molecule has 1 fully saturated rings. The Morgan fingerprint density at radius 2 is 2.11 bits per heavy atom. The minimum Gasteiger partial charge on any atom is -0.481 e. The number of carbonyl (C=O) groups is 2. The number of aliphatic carboxylic acids is 1. The van der Waals surface area contributed by atoms with Crippen LogP contribution < -0.4 is 0 Å². The highest BCUT2D eigenvalue weighted by Gasteiger charge is 2.38. The van der Waals surface area contributed by atoms with E-state index < -0.39 is 11.2 Å². The summed E-state index contributed by atoms with van der Waals surface area (Å²) in [6.07, 6.45) is -0.173. The molecule has 19 heavy (non-hydrogen) atoms. The van der Waals surface area contributed by atoms with Gasteiger partial charge >= 0.3 is 5.97 Å². The molecule has 1 aliphatic rings. The molecule has 6 heteroatoms. The van der Waals surface area contributed by atoms with Crippen molar-refractivity contribution in [2.75, 3.05) is 6.54 Å². The SMILES string of the molecule is CCN1C(=O)C(CC(=O)O)SC1=Nc1ccccc1. The van der Waals surface area contributed by atoms with Crippen LogP contribution in [0.5, 0.6) is 0 Å². The molecule has 1 amide bonds. The van der Waals surface area contributed by atoms with Crippen LogP contribution in [0.25, 0.3) is 0 Å². The van der Waals surface area contributed by atoms with Gasteiger partial charge in [0, 0.05) is 6.54 Å². The minimum atomic E-state index is -0.970. The third kappa shape index (κ3) is 3.14. The van der Waals surface area contributed by atoms with Gasteiger partial charge in [0.25, 0.3) is 0 Å². The maximum atomic E-state index is 12.0. The van der Waals surface area contributed by atoms with Crippen molar-refractivity contribution in [3.63, 3.8) is 0 Å². The van der Waals surface area contributed by atoms with Crippen molar-refractivity contribution in [3.05, 3.63) is 30.3 Å². The number of rotatable bonds is 4. The lowest BCUT2D eigenvalue weighted by atomic mass is 10.3. The van der Waals surface area contributed by atoms with E-state index >= 15 is 0 Å². The normalized spacial score (nSPS) is 21.1. The number of para-hydroxylation sites is 1. The summed E-state index contributed by atoms with van der Waals surface area (Å²) in [6, 6.07) is 9.31. The monoisotopic (exact) mass is 278 g/mol. The highest BCUT2D eigenvalue weighted by molar-refractivity contribution is 8.15. The molecule has 100 valence electrons. The van der Waals surface area contributed by atoms with Gasteiger partial charge in [0.15, 0.2) is 5.17 Å². The Hall–Kier alpha value is -1.82. The molecule has 0 radical (unpaired) electrons. The van der Waals surface area contributed by atoms with Gasteiger partial charge in [-0.15, -0.1) is 0 Å². The Morgan fingerprint density at radius 3 is 2.68 bits per heavy atom. The van der Waals surface area contributed by atoms with Crippen molar-refractivity contribution in [2.24, 2.45) is 4.99 Å². The number of hydrogen-bond donors (Lipinski definition) is 1. The lowest BCUT2D eigenvalue weighted by Crippen LogP contribution is -2.32. The molecule has 0 saturated carbocycles. The molecule has 1 aromatic rings. The smallest absolute Gasteiger partial charge is 0.305 e. The predicted molar refractivity (Wildman–Crippen MR) is 74.6 cm³/mol. The van der Waals surface area contributed by atoms with Crippen LogP contribution in [0.2, 0.25) is 0 Å². The number of thioether (sulfide) groups is 1. The standard InChI is InChI=1S/C13H14N2O3S/c1-2-15-12(18)10(8-11(16)17)19-13(15)14-9-6-4-3-5-7-9/h3-7,10H,2,8H2,1H3,(H,16,17). The van der Waals surface area contributed by atoms with Crippen LogP contribution in [0.15, 0.2) is 35.3 Å². The van der Waals surface area contributed by atoms with Crippen molar-refractivity contribution in [2.45, 2.75) is 18.6 Å². The molecule has 1 aliphatic heterocycles. The predicted octanol–water partition coefficient (Wildman–Crippen LogP) is 2.11. The van der Waals surface area contributed by atoms with E-state index in [-0.39, 0.29) is 12.3 Å². The number of aliphatic imine (C=N–C) groups is 1. The van der Waals surface area contributed by atoms with Crippen molar-refractivity contribution < 1.29 is 14.7 Å². The first-order valence-corrected chi connectivity index (χ1v) is 6.83. The number of carboxylic acids is 1. The molecule has 1 atom stereocenters. The average molecular weight is 278 g/mol. The van der Waals surface area contributed by atoms with Crippen molar-refractivity contribution in [3.8, 4) is 0 Å². The van der Waals surface area contributed by atoms with Gasteiger partial charge in [-0.3, -0.25) is 14.5 Å². The van der Waals surface area contributed by atoms with Crippen LogP contribution >= 0.6 is 11.8 Å². The van der Waals surface area contributed by atoms with Gasteiger partial charge in [-0.1, -0.05) is 30.0 Å². The summed E-state index contributed by atoms with van der Waals surface area (Å²) in [4.78, 5) is 28.7. The number of amides is 1. The lowest BCUT2D eigenvalue weighted by molar-refractivity contribution is -0.139. The van der Waals surface area contributed by atoms with Gasteiger partial charge in [0.05, 0.1) is 12.1 Å². The number of carboxylic acid groups (broad SMARTS) is 1. The number of nitrogens with zero attached hydrogens (tertiary/aromatic N) is 2. The highest BCUT2D eigenvalue weighted by atomic mass is 32.2. The number of hydrogen-bond acceptors (Lipinski definition) is 4. The van der Waals surface area contributed by atoms with Crippen LogP contribution in [-0.4, -0.2) is 38.8 Å². The average Bonchev–Trinajstić information content (AvgIpc) is 2.66. The fourth-order valence-corrected chi connectivity index (χ4v) is 3.00. The minimum absolute atomic E-state index is 0.173. The summed E-state index contributed by atoms with van der Waals surface area (Å²) in [5.41, 5.74) is 0.757. The first kappa shape index (κ1) is 13.6. The van der Waals surface area contributed by atoms with Crippen LogP contribution in [0.1, 0.15) is 13.3 Å². The van der Waals surface area contributed by atoms with Gasteiger partial charge in [0.1, 0.15) is 5.25 Å². The molecule has 1 N–H and O–H groups in total. The summed E-state index contributed by atoms with van der Waals surface area (Å²) in [7, 11) is 0. The summed E-state index contributed by atoms with van der Waals surface area (Å²) in [5, 5.41) is 8.81. The molecule has 5 nitrogen and oxygen atoms in total. The van der Waals surface area contributed by atoms with E-state index in [0.29, 0.717) is 11.7 Å². The largest absolute Gasteiger partial charge is 0.481 e. The summed E-state index contributed by atoms with van der Waals surface area (Å²) < 4.78 is 0. The Kier molecular flexibility index (Phi) is 4.21.